The maximum absolute atomic E-state index is 10.6. The number of nitrogens with one attached hydrogen (secondary N) is 3. The molecule has 6 N–H and O–H groups in total. The van der Waals surface area contributed by atoms with Gasteiger partial charge in [0, 0.05) is 119 Å². The predicted molar refractivity (Wildman–Crippen MR) is 305 cm³/mol. The second kappa shape index (κ2) is 40.4. The number of H-pyrrole nitrogens is 3. The monoisotopic (exact) mass is 1250 g/mol. The third-order valence-electron chi connectivity index (χ3n) is 9.38. The Morgan fingerprint density at radius 1 is 0.602 bits per heavy atom. The van der Waals surface area contributed by atoms with E-state index in [-0.39, 0.29) is 128 Å². The molecule has 83 heavy (non-hydrogen) atoms. The number of carbonyl (C=O) groups excluding carboxylic acids is 1. The Morgan fingerprint density at radius 2 is 1.02 bits per heavy atom. The molecule has 0 saturated carbocycles. The summed E-state index contributed by atoms with van der Waals surface area (Å²) in [7, 11) is 1.31. The maximum Gasteiger partial charge on any atom is 1.00 e. The summed E-state index contributed by atoms with van der Waals surface area (Å²) >= 11 is 5.84. The standard InChI is InChI=1S/C13H9N3O3.C7H5ClN2.2C7H6N2O.C7H6N2.C6H5NO3.2C2H6.CH3ClO2S.CH2O3.2K.H/c17-16(18)9-1-3-10(4-2-9)19-12-6-8-15-13-11(12)5-7-14-13;8-6-2-4-10-7-5(6)1-3-9-7;2*10-9-5-1-2-6-3-4-8-7(6)9;1-2-6-3-5-9-7(6)8-4-1;8-6-3-1-5(2-4-6)7(9)10;2*1-2;1-5(2,3)4;2-1-4-3;;;/h1-8H,(H,14,15);1-4H,(H,9,10);2*1-5,10H;1-5H,(H,8,9);1-4,8H;2*1-2H3;1H3;1,3H;;;/q;;;;;;;;;;2*+1;-1/p-1. The van der Waals surface area contributed by atoms with Gasteiger partial charge in [0.15, 0.2) is 11.6 Å². The molecule has 0 atom stereocenters. The summed E-state index contributed by atoms with van der Waals surface area (Å²) in [5.74, 6) is 2.43. The zero-order chi connectivity index (χ0) is 59.7. The summed E-state index contributed by atoms with van der Waals surface area (Å²) in [5.41, 5.74) is 4.45. The van der Waals surface area contributed by atoms with Crippen molar-refractivity contribution in [3.05, 3.63) is 215 Å². The number of fused-ring (bicyclic) bond motifs is 5. The zero-order valence-corrected chi connectivity index (χ0v) is 54.2. The summed E-state index contributed by atoms with van der Waals surface area (Å²) in [6.45, 7) is 7.82. The topological polar surface area (TPSA) is 361 Å². The molecule has 0 radical (unpaired) electrons. The molecule has 10 heterocycles. The van der Waals surface area contributed by atoms with Gasteiger partial charge < -0.3 is 46.8 Å². The number of pyridine rings is 5. The summed E-state index contributed by atoms with van der Waals surface area (Å²) in [4.78, 5) is 60.0. The van der Waals surface area contributed by atoms with Crippen molar-refractivity contribution in [1.29, 1.82) is 0 Å². The van der Waals surface area contributed by atoms with Gasteiger partial charge in [0.05, 0.1) is 26.5 Å². The Morgan fingerprint density at radius 3 is 1.48 bits per heavy atom. The third kappa shape index (κ3) is 26.5. The molecule has 6 aromatic heterocycles. The Bertz CT molecular complexity index is 3700. The molecule has 12 rings (SSSR count). The predicted octanol–water partition coefficient (Wildman–Crippen LogP) is 5.59. The molecule has 30 heteroatoms. The number of hydrogen-bond acceptors (Lipinski definition) is 18. The van der Waals surface area contributed by atoms with Crippen LogP contribution < -0.4 is 113 Å². The average Bonchev–Trinajstić information content (AvgIpc) is 4.52. The molecule has 0 bridgehead atoms. The van der Waals surface area contributed by atoms with E-state index < -0.39 is 18.9 Å². The van der Waals surface area contributed by atoms with Gasteiger partial charge in [-0.15, -0.1) is 0 Å². The van der Waals surface area contributed by atoms with E-state index in [0.717, 1.165) is 65.0 Å². The quantitative estimate of drug-likeness (QED) is 0.0233. The molecule has 4 aliphatic heterocycles. The fourth-order valence-electron chi connectivity index (χ4n) is 6.09. The van der Waals surface area contributed by atoms with Crippen molar-refractivity contribution in [2.24, 2.45) is 0 Å². The molecular formula is C53H54Cl2K2N12O13S. The van der Waals surface area contributed by atoms with Crippen LogP contribution >= 0.6 is 22.3 Å². The molecule has 25 nitrogen and oxygen atoms in total. The van der Waals surface area contributed by atoms with Gasteiger partial charge in [-0.3, -0.25) is 25.0 Å². The van der Waals surface area contributed by atoms with Gasteiger partial charge in [-0.25, -0.2) is 33.3 Å². The molecule has 8 aromatic rings. The van der Waals surface area contributed by atoms with Gasteiger partial charge in [-0.1, -0.05) is 39.3 Å². The van der Waals surface area contributed by atoms with Crippen LogP contribution in [0, 0.1) is 20.2 Å². The first-order valence-corrected chi connectivity index (χ1v) is 26.6. The minimum absolute atomic E-state index is 0. The Balaban J connectivity index is 0.000000955. The molecule has 0 amide bonds. The number of phenolic OH excluding ortho intramolecular Hbond substituents is 1. The largest absolute Gasteiger partial charge is 1.00 e. The number of aromatic nitrogens is 10. The molecule has 2 aromatic carbocycles. The number of hydrogen-bond donors (Lipinski definition) is 6. The van der Waals surface area contributed by atoms with Gasteiger partial charge in [0.25, 0.3) is 17.8 Å². The number of non-ortho nitro benzene ring substituents is 2. The average molecular weight is 1250 g/mol. The van der Waals surface area contributed by atoms with E-state index in [1.165, 1.54) is 36.4 Å². The van der Waals surface area contributed by atoms with Crippen LogP contribution in [0.2, 0.25) is 5.02 Å². The number of nitrogens with zero attached hydrogens (tertiary/aromatic N) is 9. The van der Waals surface area contributed by atoms with Gasteiger partial charge in [-0.2, -0.15) is 9.46 Å². The third-order valence-corrected chi connectivity index (χ3v) is 9.71. The number of aromatic hydroxyl groups is 1. The molecule has 0 aliphatic carbocycles. The van der Waals surface area contributed by atoms with Crippen molar-refractivity contribution in [2.45, 2.75) is 27.7 Å². The normalized spacial score (nSPS) is 9.49. The van der Waals surface area contributed by atoms with Crippen molar-refractivity contribution in [3.63, 3.8) is 0 Å². The smallest absolute Gasteiger partial charge is 1.00 e. The minimum Gasteiger partial charge on any atom is -1.00 e. The number of phenols is 1. The van der Waals surface area contributed by atoms with Gasteiger partial charge in [-0.05, 0) is 103 Å². The van der Waals surface area contributed by atoms with Crippen LogP contribution in [0.3, 0.4) is 0 Å². The fraction of sp³-hybridized carbons (Fsp3) is 0.0943. The van der Waals surface area contributed by atoms with E-state index in [2.05, 4.69) is 55.4 Å². The Labute approximate surface area is 570 Å². The Kier molecular flexibility index (Phi) is 36.1. The van der Waals surface area contributed by atoms with E-state index in [4.69, 9.17) is 41.9 Å². The van der Waals surface area contributed by atoms with Gasteiger partial charge >= 0.3 is 103 Å². The number of benzene rings is 2. The molecule has 426 valence electrons. The second-order valence-electron chi connectivity index (χ2n) is 14.7. The van der Waals surface area contributed by atoms with Crippen molar-refractivity contribution < 1.29 is 158 Å². The molecule has 0 saturated heterocycles. The number of nitro groups is 2. The van der Waals surface area contributed by atoms with Crippen LogP contribution in [0.4, 0.5) is 11.4 Å². The van der Waals surface area contributed by atoms with Crippen LogP contribution in [-0.4, -0.2) is 95.8 Å². The number of rotatable bonds is 5. The summed E-state index contributed by atoms with van der Waals surface area (Å²) in [6, 6.07) is 35.3. The summed E-state index contributed by atoms with van der Waals surface area (Å²) < 4.78 is 26.5. The molecule has 0 unspecified atom stereocenters. The number of ether oxygens (including phenoxy) is 1. The maximum atomic E-state index is 10.6. The van der Waals surface area contributed by atoms with Gasteiger partial charge in [0.1, 0.15) is 34.2 Å². The number of halogens is 2. The second-order valence-corrected chi connectivity index (χ2v) is 18.1. The van der Waals surface area contributed by atoms with Crippen LogP contribution in [0.15, 0.2) is 189 Å². The van der Waals surface area contributed by atoms with E-state index >= 15 is 0 Å². The van der Waals surface area contributed by atoms with Crippen molar-refractivity contribution in [1.82, 2.24) is 49.3 Å². The SMILES string of the molecule is CC.CC.CS(=O)(=O)Cl.Clc1ccnc2[nH]ccc12.O=CO[O-].O=[N+]([O-])c1ccc(O)cc1.O=[N+]([O-])c1ccc(Oc2ccnc3[nH]ccc23)cc1.On1cccc2ccnc1-2.On1cccc2ccnc1-2.[H-].[K+].[K+].c1cnc2[nH]ccc2c1. The van der Waals surface area contributed by atoms with E-state index in [9.17, 15) is 28.6 Å². The molecule has 0 fully saturated rings. The van der Waals surface area contributed by atoms with Crippen molar-refractivity contribution in [3.8, 4) is 40.0 Å². The number of nitro benzene ring substituents is 2. The first-order valence-electron chi connectivity index (χ1n) is 23.5. The summed E-state index contributed by atoms with van der Waals surface area (Å²) in [5, 5.41) is 59.7. The summed E-state index contributed by atoms with van der Waals surface area (Å²) in [6.07, 6.45) is 17.9. The van der Waals surface area contributed by atoms with Crippen LogP contribution in [-0.2, 0) is 18.7 Å². The van der Waals surface area contributed by atoms with Crippen molar-refractivity contribution in [2.75, 3.05) is 6.26 Å². The van der Waals surface area contributed by atoms with E-state index in [0.29, 0.717) is 23.1 Å². The number of carbonyl (C=O) groups is 1. The van der Waals surface area contributed by atoms with Crippen LogP contribution in [0.25, 0.3) is 55.9 Å². The van der Waals surface area contributed by atoms with Crippen molar-refractivity contribution >= 4 is 82.3 Å². The van der Waals surface area contributed by atoms with Crippen LogP contribution in [0.5, 0.6) is 17.2 Å². The van der Waals surface area contributed by atoms with E-state index in [1.54, 1.807) is 86.0 Å². The minimum atomic E-state index is -3.19. The number of aromatic amines is 3. The fourth-order valence-corrected chi connectivity index (χ4v) is 6.30. The van der Waals surface area contributed by atoms with Gasteiger partial charge in [0.2, 0.25) is 9.05 Å². The first-order chi connectivity index (χ1) is 38.9. The van der Waals surface area contributed by atoms with E-state index in [1.807, 2.05) is 94.7 Å². The molecule has 4 aliphatic rings. The van der Waals surface area contributed by atoms with Crippen LogP contribution in [0.1, 0.15) is 29.1 Å². The first kappa shape index (κ1) is 74.1. The molecule has 0 spiro atoms. The zero-order valence-electron chi connectivity index (χ0n) is 46.6. The molecular weight excluding hydrogens is 1190 g/mol. The Hall–Kier alpha value is -6.88.